The zero-order valence-corrected chi connectivity index (χ0v) is 11.7. The van der Waals surface area contributed by atoms with E-state index in [9.17, 15) is 0 Å². The zero-order chi connectivity index (χ0) is 12.1. The predicted molar refractivity (Wildman–Crippen MR) is 76.5 cm³/mol. The molecule has 17 heavy (non-hydrogen) atoms. The quantitative estimate of drug-likeness (QED) is 0.838. The smallest absolute Gasteiger partial charge is 0.0208 e. The van der Waals surface area contributed by atoms with Gasteiger partial charge in [0.25, 0.3) is 0 Å². The van der Waals surface area contributed by atoms with E-state index >= 15 is 0 Å². The van der Waals surface area contributed by atoms with Crippen LogP contribution in [0, 0.1) is 0 Å². The lowest BCUT2D eigenvalue weighted by molar-refractivity contribution is 0.588. The molecule has 1 N–H and O–H groups in total. The molecule has 0 aliphatic heterocycles. The molecular weight excluding hydrogens is 226 g/mol. The molecule has 1 aromatic rings. The van der Waals surface area contributed by atoms with Crippen LogP contribution in [0.15, 0.2) is 29.2 Å². The molecule has 0 bridgehead atoms. The normalized spacial score (nSPS) is 16.9. The maximum absolute atomic E-state index is 3.47. The average Bonchev–Trinajstić information content (AvgIpc) is 2.80. The van der Waals surface area contributed by atoms with E-state index in [2.05, 4.69) is 55.2 Å². The minimum Gasteiger partial charge on any atom is -0.310 e. The third-order valence-electron chi connectivity index (χ3n) is 3.22. The first-order valence-corrected chi connectivity index (χ1v) is 7.61. The first kappa shape index (κ1) is 13.0. The Kier molecular flexibility index (Phi) is 4.93. The maximum Gasteiger partial charge on any atom is 0.0208 e. The molecule has 2 rings (SSSR count). The molecular formula is C15H23NS. The van der Waals surface area contributed by atoms with Gasteiger partial charge in [-0.3, -0.25) is 0 Å². The molecule has 1 aliphatic rings. The van der Waals surface area contributed by atoms with Crippen LogP contribution in [0.1, 0.15) is 45.1 Å². The highest BCUT2D eigenvalue weighted by Crippen LogP contribution is 2.34. The Morgan fingerprint density at radius 2 is 2.06 bits per heavy atom. The number of benzene rings is 1. The van der Waals surface area contributed by atoms with Crippen LogP contribution in [0.4, 0.5) is 0 Å². The first-order chi connectivity index (χ1) is 8.24. The fourth-order valence-electron chi connectivity index (χ4n) is 2.25. The van der Waals surface area contributed by atoms with Crippen molar-refractivity contribution in [1.29, 1.82) is 0 Å². The summed E-state index contributed by atoms with van der Waals surface area (Å²) in [5.74, 6) is 0. The molecule has 0 heterocycles. The standard InChI is InChI=1S/C15H23NS/c1-12(2)16-11-13-6-5-9-15(10-13)17-14-7-3-4-8-14/h5-6,9-10,12,14,16H,3-4,7-8,11H2,1-2H3. The fraction of sp³-hybridized carbons (Fsp3) is 0.600. The highest BCUT2D eigenvalue weighted by molar-refractivity contribution is 8.00. The molecule has 0 saturated heterocycles. The summed E-state index contributed by atoms with van der Waals surface area (Å²) in [6, 6.07) is 9.56. The number of hydrogen-bond acceptors (Lipinski definition) is 2. The zero-order valence-electron chi connectivity index (χ0n) is 10.9. The summed E-state index contributed by atoms with van der Waals surface area (Å²) in [4.78, 5) is 1.44. The summed E-state index contributed by atoms with van der Waals surface area (Å²) in [6.07, 6.45) is 5.65. The van der Waals surface area contributed by atoms with E-state index in [1.165, 1.54) is 36.1 Å². The monoisotopic (exact) mass is 249 g/mol. The van der Waals surface area contributed by atoms with Crippen LogP contribution in [0.3, 0.4) is 0 Å². The van der Waals surface area contributed by atoms with E-state index in [0.717, 1.165) is 11.8 Å². The second-order valence-corrected chi connectivity index (χ2v) is 6.58. The van der Waals surface area contributed by atoms with Crippen LogP contribution < -0.4 is 5.32 Å². The fourth-order valence-corrected chi connectivity index (χ4v) is 3.58. The van der Waals surface area contributed by atoms with Crippen molar-refractivity contribution in [2.75, 3.05) is 0 Å². The van der Waals surface area contributed by atoms with Crippen LogP contribution in [0.2, 0.25) is 0 Å². The van der Waals surface area contributed by atoms with Crippen molar-refractivity contribution < 1.29 is 0 Å². The van der Waals surface area contributed by atoms with Gasteiger partial charge in [-0.2, -0.15) is 0 Å². The second kappa shape index (κ2) is 6.46. The van der Waals surface area contributed by atoms with Crippen LogP contribution in [0.5, 0.6) is 0 Å². The molecule has 0 atom stereocenters. The Hall–Kier alpha value is -0.470. The highest BCUT2D eigenvalue weighted by atomic mass is 32.2. The van der Waals surface area contributed by atoms with E-state index in [0.29, 0.717) is 6.04 Å². The lowest BCUT2D eigenvalue weighted by Gasteiger charge is -2.11. The SMILES string of the molecule is CC(C)NCc1cccc(SC2CCCC2)c1. The van der Waals surface area contributed by atoms with Gasteiger partial charge < -0.3 is 5.32 Å². The lowest BCUT2D eigenvalue weighted by atomic mass is 10.2. The van der Waals surface area contributed by atoms with Crippen molar-refractivity contribution in [2.45, 2.75) is 62.3 Å². The Morgan fingerprint density at radius 1 is 1.29 bits per heavy atom. The molecule has 1 aromatic carbocycles. The Morgan fingerprint density at radius 3 is 2.76 bits per heavy atom. The predicted octanol–water partition coefficient (Wildman–Crippen LogP) is 4.22. The van der Waals surface area contributed by atoms with E-state index in [-0.39, 0.29) is 0 Å². The third kappa shape index (κ3) is 4.36. The van der Waals surface area contributed by atoms with Gasteiger partial charge in [0.2, 0.25) is 0 Å². The van der Waals surface area contributed by atoms with Crippen LogP contribution in [0.25, 0.3) is 0 Å². The van der Waals surface area contributed by atoms with Crippen molar-refractivity contribution in [3.8, 4) is 0 Å². The molecule has 0 aromatic heterocycles. The summed E-state index contributed by atoms with van der Waals surface area (Å²) in [7, 11) is 0. The molecule has 0 unspecified atom stereocenters. The molecule has 0 amide bonds. The average molecular weight is 249 g/mol. The molecule has 2 heteroatoms. The van der Waals surface area contributed by atoms with Crippen molar-refractivity contribution in [3.05, 3.63) is 29.8 Å². The van der Waals surface area contributed by atoms with Crippen LogP contribution in [-0.4, -0.2) is 11.3 Å². The summed E-state index contributed by atoms with van der Waals surface area (Å²) in [5.41, 5.74) is 1.40. The number of nitrogens with one attached hydrogen (secondary N) is 1. The number of hydrogen-bond donors (Lipinski definition) is 1. The van der Waals surface area contributed by atoms with Gasteiger partial charge in [-0.25, -0.2) is 0 Å². The minimum atomic E-state index is 0.557. The molecule has 94 valence electrons. The van der Waals surface area contributed by atoms with Gasteiger partial charge in [0.05, 0.1) is 0 Å². The Balaban J connectivity index is 1.91. The molecule has 1 nitrogen and oxygen atoms in total. The minimum absolute atomic E-state index is 0.557. The second-order valence-electron chi connectivity index (χ2n) is 5.21. The van der Waals surface area contributed by atoms with Gasteiger partial charge in [-0.1, -0.05) is 38.8 Å². The Labute approximate surface area is 109 Å². The van der Waals surface area contributed by atoms with Crippen molar-refractivity contribution in [2.24, 2.45) is 0 Å². The third-order valence-corrected chi connectivity index (χ3v) is 4.55. The van der Waals surface area contributed by atoms with Crippen molar-refractivity contribution in [3.63, 3.8) is 0 Å². The van der Waals surface area contributed by atoms with E-state index in [1.54, 1.807) is 0 Å². The van der Waals surface area contributed by atoms with E-state index in [1.807, 2.05) is 0 Å². The molecule has 0 spiro atoms. The van der Waals surface area contributed by atoms with Gasteiger partial charge in [-0.05, 0) is 30.5 Å². The van der Waals surface area contributed by atoms with Gasteiger partial charge in [0, 0.05) is 22.7 Å². The maximum atomic E-state index is 3.47. The summed E-state index contributed by atoms with van der Waals surface area (Å²) in [5, 5.41) is 4.34. The van der Waals surface area contributed by atoms with Crippen LogP contribution in [-0.2, 0) is 6.54 Å². The Bertz CT molecular complexity index is 343. The topological polar surface area (TPSA) is 12.0 Å². The van der Waals surface area contributed by atoms with Crippen molar-refractivity contribution >= 4 is 11.8 Å². The lowest BCUT2D eigenvalue weighted by Crippen LogP contribution is -2.21. The van der Waals surface area contributed by atoms with E-state index in [4.69, 9.17) is 0 Å². The first-order valence-electron chi connectivity index (χ1n) is 6.73. The van der Waals surface area contributed by atoms with Crippen molar-refractivity contribution in [1.82, 2.24) is 5.32 Å². The molecule has 1 aliphatic carbocycles. The highest BCUT2D eigenvalue weighted by Gasteiger charge is 2.15. The molecule has 0 radical (unpaired) electrons. The number of rotatable bonds is 5. The summed E-state index contributed by atoms with van der Waals surface area (Å²) in [6.45, 7) is 5.37. The summed E-state index contributed by atoms with van der Waals surface area (Å²) < 4.78 is 0. The van der Waals surface area contributed by atoms with Gasteiger partial charge >= 0.3 is 0 Å². The summed E-state index contributed by atoms with van der Waals surface area (Å²) >= 11 is 2.07. The van der Waals surface area contributed by atoms with Gasteiger partial charge in [0.15, 0.2) is 0 Å². The van der Waals surface area contributed by atoms with Gasteiger partial charge in [-0.15, -0.1) is 11.8 Å². The largest absolute Gasteiger partial charge is 0.310 e. The molecule has 1 fully saturated rings. The van der Waals surface area contributed by atoms with Crippen LogP contribution >= 0.6 is 11.8 Å². The van der Waals surface area contributed by atoms with E-state index < -0.39 is 0 Å². The number of thioether (sulfide) groups is 1. The molecule has 1 saturated carbocycles. The van der Waals surface area contributed by atoms with Gasteiger partial charge in [0.1, 0.15) is 0 Å².